The molecule has 0 aliphatic carbocycles. The van der Waals surface area contributed by atoms with Crippen molar-refractivity contribution < 1.29 is 8.60 Å². The van der Waals surface area contributed by atoms with E-state index in [1.807, 2.05) is 20.8 Å². The van der Waals surface area contributed by atoms with Gasteiger partial charge in [-0.3, -0.25) is 0 Å². The molecule has 106 valence electrons. The summed E-state index contributed by atoms with van der Waals surface area (Å²) in [6.07, 6.45) is 2.19. The molecule has 0 unspecified atom stereocenters. The van der Waals surface area contributed by atoms with Crippen LogP contribution >= 0.6 is 15.9 Å². The molecule has 0 fully saturated rings. The van der Waals surface area contributed by atoms with Crippen molar-refractivity contribution in [3.8, 4) is 0 Å². The van der Waals surface area contributed by atoms with Crippen LogP contribution in [-0.4, -0.2) is 8.96 Å². The monoisotopic (exact) mass is 347 g/mol. The standard InChI is InChI=1S/C14H19BrFNOS/c1-5-7-12(17-19(18)14(2,3)4)13-10(15)8-6-9-11(13)16/h5-6,8-9,12,17H,1,7H2,2-4H3/t12-,19+/m1/s1. The Bertz CT molecular complexity index is 465. The van der Waals surface area contributed by atoms with Crippen molar-refractivity contribution in [1.29, 1.82) is 0 Å². The average Bonchev–Trinajstić information content (AvgIpc) is 2.27. The maximum Gasteiger partial charge on any atom is 0.129 e. The molecule has 0 saturated heterocycles. The lowest BCUT2D eigenvalue weighted by Gasteiger charge is -2.24. The first-order chi connectivity index (χ1) is 8.77. The molecule has 0 spiro atoms. The van der Waals surface area contributed by atoms with Crippen LogP contribution in [0.1, 0.15) is 38.8 Å². The first-order valence-electron chi connectivity index (χ1n) is 6.00. The van der Waals surface area contributed by atoms with E-state index in [1.165, 1.54) is 6.07 Å². The van der Waals surface area contributed by atoms with Gasteiger partial charge in [0.1, 0.15) is 5.82 Å². The minimum absolute atomic E-state index is 0.320. The fraction of sp³-hybridized carbons (Fsp3) is 0.429. The van der Waals surface area contributed by atoms with E-state index < -0.39 is 15.7 Å². The number of rotatable bonds is 5. The first kappa shape index (κ1) is 16.5. The van der Waals surface area contributed by atoms with Crippen molar-refractivity contribution in [2.45, 2.75) is 38.0 Å². The van der Waals surface area contributed by atoms with E-state index in [2.05, 4.69) is 27.2 Å². The zero-order valence-electron chi connectivity index (χ0n) is 11.4. The minimum Gasteiger partial charge on any atom is -0.242 e. The van der Waals surface area contributed by atoms with Crippen molar-refractivity contribution in [1.82, 2.24) is 4.72 Å². The predicted octanol–water partition coefficient (Wildman–Crippen LogP) is 4.26. The summed E-state index contributed by atoms with van der Waals surface area (Å²) >= 11 is 3.34. The highest BCUT2D eigenvalue weighted by molar-refractivity contribution is 9.10. The van der Waals surface area contributed by atoms with Crippen molar-refractivity contribution in [2.24, 2.45) is 0 Å². The Balaban J connectivity index is 3.08. The fourth-order valence-corrected chi connectivity index (χ4v) is 2.99. The first-order valence-corrected chi connectivity index (χ1v) is 7.94. The van der Waals surface area contributed by atoms with E-state index in [0.29, 0.717) is 16.5 Å². The molecule has 1 rings (SSSR count). The van der Waals surface area contributed by atoms with Crippen molar-refractivity contribution >= 4 is 26.9 Å². The third kappa shape index (κ3) is 4.51. The molecule has 5 heteroatoms. The summed E-state index contributed by atoms with van der Waals surface area (Å²) in [4.78, 5) is 0. The van der Waals surface area contributed by atoms with Gasteiger partial charge in [-0.15, -0.1) is 6.58 Å². The molecular weight excluding hydrogens is 329 g/mol. The summed E-state index contributed by atoms with van der Waals surface area (Å²) in [6, 6.07) is 4.44. The second kappa shape index (κ2) is 6.77. The molecule has 0 aliphatic rings. The van der Waals surface area contributed by atoms with Gasteiger partial charge in [0.25, 0.3) is 0 Å². The molecule has 1 aromatic rings. The van der Waals surface area contributed by atoms with Crippen LogP contribution in [0.15, 0.2) is 35.3 Å². The Morgan fingerprint density at radius 1 is 1.53 bits per heavy atom. The van der Waals surface area contributed by atoms with Gasteiger partial charge in [0.2, 0.25) is 0 Å². The average molecular weight is 348 g/mol. The predicted molar refractivity (Wildman–Crippen MR) is 82.7 cm³/mol. The number of benzene rings is 1. The van der Waals surface area contributed by atoms with Crippen molar-refractivity contribution in [2.75, 3.05) is 0 Å². The van der Waals surface area contributed by atoms with Crippen LogP contribution in [0.3, 0.4) is 0 Å². The van der Waals surface area contributed by atoms with Crippen molar-refractivity contribution in [3.05, 3.63) is 46.7 Å². The maximum atomic E-state index is 14.0. The molecule has 2 atom stereocenters. The molecular formula is C14H19BrFNOS. The van der Waals surface area contributed by atoms with Crippen LogP contribution in [0, 0.1) is 5.82 Å². The van der Waals surface area contributed by atoms with Crippen LogP contribution in [0.5, 0.6) is 0 Å². The number of hydrogen-bond acceptors (Lipinski definition) is 1. The van der Waals surface area contributed by atoms with Crippen molar-refractivity contribution in [3.63, 3.8) is 0 Å². The molecule has 0 bridgehead atoms. The molecule has 0 aromatic heterocycles. The molecule has 0 amide bonds. The Labute approximate surface area is 125 Å². The van der Waals surface area contributed by atoms with Gasteiger partial charge < -0.3 is 0 Å². The van der Waals surface area contributed by atoms with Gasteiger partial charge in [-0.05, 0) is 39.3 Å². The smallest absolute Gasteiger partial charge is 0.129 e. The highest BCUT2D eigenvalue weighted by atomic mass is 79.9. The SMILES string of the molecule is C=CC[C@@H](N[S@@](=O)C(C)(C)C)c1c(F)cccc1Br. The number of nitrogens with one attached hydrogen (secondary N) is 1. The van der Waals surface area contributed by atoms with E-state index in [9.17, 15) is 8.60 Å². The second-order valence-corrected chi connectivity index (χ2v) is 8.06. The largest absolute Gasteiger partial charge is 0.242 e. The van der Waals surface area contributed by atoms with Crippen LogP contribution < -0.4 is 4.72 Å². The van der Waals surface area contributed by atoms with Gasteiger partial charge in [-0.25, -0.2) is 13.3 Å². The zero-order chi connectivity index (χ0) is 14.6. The molecule has 0 radical (unpaired) electrons. The van der Waals surface area contributed by atoms with Crippen LogP contribution in [0.2, 0.25) is 0 Å². The molecule has 1 aromatic carbocycles. The van der Waals surface area contributed by atoms with Gasteiger partial charge in [0.05, 0.1) is 21.8 Å². The lowest BCUT2D eigenvalue weighted by atomic mass is 10.0. The van der Waals surface area contributed by atoms with Crippen LogP contribution in [0.4, 0.5) is 4.39 Å². The van der Waals surface area contributed by atoms with Gasteiger partial charge in [0.15, 0.2) is 0 Å². The minimum atomic E-state index is -1.27. The molecule has 0 saturated carbocycles. The highest BCUT2D eigenvalue weighted by Crippen LogP contribution is 2.29. The normalized spacial score (nSPS) is 15.0. The summed E-state index contributed by atoms with van der Waals surface area (Å²) in [7, 11) is -1.27. The third-order valence-corrected chi connectivity index (χ3v) is 4.86. The van der Waals surface area contributed by atoms with E-state index in [1.54, 1.807) is 18.2 Å². The summed E-state index contributed by atoms with van der Waals surface area (Å²) in [5.41, 5.74) is 0.486. The van der Waals surface area contributed by atoms with Gasteiger partial charge in [-0.2, -0.15) is 0 Å². The van der Waals surface area contributed by atoms with Gasteiger partial charge in [0, 0.05) is 10.0 Å². The maximum absolute atomic E-state index is 14.0. The molecule has 0 heterocycles. The molecule has 19 heavy (non-hydrogen) atoms. The molecule has 2 nitrogen and oxygen atoms in total. The topological polar surface area (TPSA) is 29.1 Å². The summed E-state index contributed by atoms with van der Waals surface area (Å²) in [6.45, 7) is 9.30. The lowest BCUT2D eigenvalue weighted by Crippen LogP contribution is -2.36. The quantitative estimate of drug-likeness (QED) is 0.792. The van der Waals surface area contributed by atoms with Gasteiger partial charge in [-0.1, -0.05) is 28.1 Å². The Hall–Kier alpha value is -0.520. The summed E-state index contributed by atoms with van der Waals surface area (Å²) in [5.74, 6) is -0.320. The Morgan fingerprint density at radius 3 is 2.63 bits per heavy atom. The van der Waals surface area contributed by atoms with E-state index >= 15 is 0 Å². The lowest BCUT2D eigenvalue weighted by molar-refractivity contribution is 0.554. The Morgan fingerprint density at radius 2 is 2.16 bits per heavy atom. The second-order valence-electron chi connectivity index (χ2n) is 5.21. The van der Waals surface area contributed by atoms with Crippen LogP contribution in [0.25, 0.3) is 0 Å². The summed E-state index contributed by atoms with van der Waals surface area (Å²) < 4.78 is 29.4. The van der Waals surface area contributed by atoms with Crippen LogP contribution in [-0.2, 0) is 11.0 Å². The summed E-state index contributed by atoms with van der Waals surface area (Å²) in [5, 5.41) is 0. The number of halogens is 2. The third-order valence-electron chi connectivity index (χ3n) is 2.56. The van der Waals surface area contributed by atoms with E-state index in [-0.39, 0.29) is 11.9 Å². The number of hydrogen-bond donors (Lipinski definition) is 1. The fourth-order valence-electron chi connectivity index (χ4n) is 1.54. The van der Waals surface area contributed by atoms with E-state index in [0.717, 1.165) is 0 Å². The highest BCUT2D eigenvalue weighted by Gasteiger charge is 2.25. The Kier molecular flexibility index (Phi) is 5.89. The van der Waals surface area contributed by atoms with Gasteiger partial charge >= 0.3 is 0 Å². The molecule has 1 N–H and O–H groups in total. The van der Waals surface area contributed by atoms with E-state index in [4.69, 9.17) is 0 Å². The zero-order valence-corrected chi connectivity index (χ0v) is 13.8. The molecule has 0 aliphatic heterocycles.